The fourth-order valence-corrected chi connectivity index (χ4v) is 4.14. The maximum Gasteiger partial charge on any atom is 0.285 e. The molecule has 1 N–H and O–H groups in total. The predicted molar refractivity (Wildman–Crippen MR) is 122 cm³/mol. The summed E-state index contributed by atoms with van der Waals surface area (Å²) in [4.78, 5) is 22.2. The highest BCUT2D eigenvalue weighted by atomic mass is 35.5. The molecule has 0 aliphatic carbocycles. The minimum absolute atomic E-state index is 0.220. The zero-order valence-electron chi connectivity index (χ0n) is 17.0. The lowest BCUT2D eigenvalue weighted by Crippen LogP contribution is -2.45. The fourth-order valence-electron chi connectivity index (χ4n) is 3.92. The second-order valence-corrected chi connectivity index (χ2v) is 8.08. The topological polar surface area (TPSA) is 63.1 Å². The summed E-state index contributed by atoms with van der Waals surface area (Å²) in [5.74, 6) is 0.383. The van der Waals surface area contributed by atoms with Crippen molar-refractivity contribution < 1.29 is 4.79 Å². The molecule has 0 radical (unpaired) electrons. The molecule has 2 aromatic carbocycles. The van der Waals surface area contributed by atoms with Gasteiger partial charge in [-0.15, -0.1) is 0 Å². The van der Waals surface area contributed by atoms with Gasteiger partial charge in [0.15, 0.2) is 0 Å². The van der Waals surface area contributed by atoms with Gasteiger partial charge in [0.2, 0.25) is 0 Å². The average molecular weight is 432 g/mol. The van der Waals surface area contributed by atoms with Crippen molar-refractivity contribution in [3.8, 4) is 17.1 Å². The summed E-state index contributed by atoms with van der Waals surface area (Å²) in [7, 11) is 0. The molecule has 1 aliphatic rings. The Balaban J connectivity index is 1.58. The number of benzene rings is 2. The lowest BCUT2D eigenvalue weighted by Gasteiger charge is -2.26. The Morgan fingerprint density at radius 3 is 2.61 bits per heavy atom. The average Bonchev–Trinajstić information content (AvgIpc) is 3.25. The number of piperidine rings is 1. The van der Waals surface area contributed by atoms with Gasteiger partial charge in [-0.05, 0) is 37.1 Å². The number of amides is 1. The normalized spacial score (nSPS) is 14.6. The number of hydrogen-bond donors (Lipinski definition) is 1. The number of halogens is 1. The van der Waals surface area contributed by atoms with Crippen LogP contribution in [0.3, 0.4) is 0 Å². The van der Waals surface area contributed by atoms with Crippen LogP contribution in [0.15, 0.2) is 67.0 Å². The molecule has 0 spiro atoms. The Morgan fingerprint density at radius 1 is 1.00 bits per heavy atom. The van der Waals surface area contributed by atoms with Gasteiger partial charge in [-0.3, -0.25) is 19.8 Å². The van der Waals surface area contributed by atoms with Gasteiger partial charge in [0.25, 0.3) is 5.91 Å². The molecule has 4 aromatic rings. The molecule has 6 nitrogen and oxygen atoms in total. The number of hydrogen-bond acceptors (Lipinski definition) is 4. The lowest BCUT2D eigenvalue weighted by molar-refractivity contribution is 0.0745. The lowest BCUT2D eigenvalue weighted by atomic mass is 10.2. The van der Waals surface area contributed by atoms with Gasteiger partial charge in [0.1, 0.15) is 11.5 Å². The van der Waals surface area contributed by atoms with E-state index in [4.69, 9.17) is 11.6 Å². The van der Waals surface area contributed by atoms with Crippen molar-refractivity contribution in [2.45, 2.75) is 19.3 Å². The number of rotatable bonds is 4. The molecule has 1 fully saturated rings. The molecule has 156 valence electrons. The zero-order valence-corrected chi connectivity index (χ0v) is 17.7. The Hall–Kier alpha value is -3.22. The highest BCUT2D eigenvalue weighted by molar-refractivity contribution is 6.33. The number of hydrazine groups is 1. The van der Waals surface area contributed by atoms with E-state index in [0.29, 0.717) is 16.5 Å². The molecule has 31 heavy (non-hydrogen) atoms. The van der Waals surface area contributed by atoms with E-state index < -0.39 is 0 Å². The van der Waals surface area contributed by atoms with E-state index in [2.05, 4.69) is 15.4 Å². The van der Waals surface area contributed by atoms with Crippen molar-refractivity contribution in [3.05, 3.63) is 77.7 Å². The Kier molecular flexibility index (Phi) is 5.40. The smallest absolute Gasteiger partial charge is 0.285 e. The van der Waals surface area contributed by atoms with Crippen LogP contribution in [0.4, 0.5) is 0 Å². The first-order valence-electron chi connectivity index (χ1n) is 10.4. The SMILES string of the molecule is O=C(NN1CCCCC1)c1cn(-c2cnc3ccccc3c2)c(-c2ccccc2Cl)n1. The predicted octanol–water partition coefficient (Wildman–Crippen LogP) is 4.87. The number of imidazole rings is 1. The number of fused-ring (bicyclic) bond motifs is 1. The number of pyridine rings is 1. The van der Waals surface area contributed by atoms with Crippen molar-refractivity contribution >= 4 is 28.4 Å². The number of aromatic nitrogens is 3. The molecule has 1 amide bonds. The van der Waals surface area contributed by atoms with E-state index in [1.165, 1.54) is 6.42 Å². The van der Waals surface area contributed by atoms with Crippen molar-refractivity contribution in [1.29, 1.82) is 0 Å². The van der Waals surface area contributed by atoms with E-state index in [0.717, 1.165) is 48.1 Å². The minimum atomic E-state index is -0.220. The van der Waals surface area contributed by atoms with Crippen molar-refractivity contribution in [2.24, 2.45) is 0 Å². The number of para-hydroxylation sites is 1. The van der Waals surface area contributed by atoms with Crippen molar-refractivity contribution in [3.63, 3.8) is 0 Å². The highest BCUT2D eigenvalue weighted by Gasteiger charge is 2.21. The van der Waals surface area contributed by atoms with E-state index in [1.54, 1.807) is 12.4 Å². The number of nitrogens with zero attached hydrogens (tertiary/aromatic N) is 4. The van der Waals surface area contributed by atoms with Gasteiger partial charge in [0, 0.05) is 30.2 Å². The molecule has 3 heterocycles. The van der Waals surface area contributed by atoms with Crippen LogP contribution in [-0.4, -0.2) is 38.5 Å². The molecule has 2 aromatic heterocycles. The van der Waals surface area contributed by atoms with E-state index in [-0.39, 0.29) is 5.91 Å². The van der Waals surface area contributed by atoms with Gasteiger partial charge in [-0.25, -0.2) is 9.99 Å². The summed E-state index contributed by atoms with van der Waals surface area (Å²) < 4.78 is 1.88. The molecule has 5 rings (SSSR count). The van der Waals surface area contributed by atoms with Gasteiger partial charge >= 0.3 is 0 Å². The molecule has 0 unspecified atom stereocenters. The number of nitrogens with one attached hydrogen (secondary N) is 1. The van der Waals surface area contributed by atoms with Crippen molar-refractivity contribution in [1.82, 2.24) is 25.0 Å². The van der Waals surface area contributed by atoms with E-state index in [1.807, 2.05) is 64.2 Å². The molecular weight excluding hydrogens is 410 g/mol. The number of carbonyl (C=O) groups is 1. The molecule has 1 saturated heterocycles. The van der Waals surface area contributed by atoms with Crippen LogP contribution in [0.1, 0.15) is 29.8 Å². The minimum Gasteiger partial charge on any atom is -0.297 e. The molecule has 0 saturated carbocycles. The van der Waals surface area contributed by atoms with Crippen LogP contribution in [0.5, 0.6) is 0 Å². The summed E-state index contributed by atoms with van der Waals surface area (Å²) in [6, 6.07) is 17.5. The standard InChI is InChI=1S/C24H22ClN5O/c25-20-10-4-3-9-19(20)23-27-22(24(31)28-29-12-6-1-7-13-29)16-30(23)18-14-17-8-2-5-11-21(17)26-15-18/h2-5,8-11,14-16H,1,6-7,12-13H2,(H,28,31). The van der Waals surface area contributed by atoms with E-state index in [9.17, 15) is 4.79 Å². The Morgan fingerprint density at radius 2 is 1.77 bits per heavy atom. The first-order chi connectivity index (χ1) is 15.2. The summed E-state index contributed by atoms with van der Waals surface area (Å²) in [6.07, 6.45) is 6.91. The van der Waals surface area contributed by atoms with E-state index >= 15 is 0 Å². The Bertz CT molecular complexity index is 1250. The second kappa shape index (κ2) is 8.49. The first-order valence-corrected chi connectivity index (χ1v) is 10.8. The maximum absolute atomic E-state index is 13.0. The third-order valence-electron chi connectivity index (χ3n) is 5.52. The van der Waals surface area contributed by atoms with Gasteiger partial charge in [0.05, 0.1) is 22.4 Å². The van der Waals surface area contributed by atoms with Crippen LogP contribution in [0, 0.1) is 0 Å². The third-order valence-corrected chi connectivity index (χ3v) is 5.85. The zero-order chi connectivity index (χ0) is 21.2. The monoisotopic (exact) mass is 431 g/mol. The molecule has 7 heteroatoms. The van der Waals surface area contributed by atoms with Gasteiger partial charge < -0.3 is 0 Å². The van der Waals surface area contributed by atoms with Crippen LogP contribution in [-0.2, 0) is 0 Å². The molecule has 0 atom stereocenters. The quantitative estimate of drug-likeness (QED) is 0.500. The fraction of sp³-hybridized carbons (Fsp3) is 0.208. The second-order valence-electron chi connectivity index (χ2n) is 7.67. The first kappa shape index (κ1) is 19.7. The summed E-state index contributed by atoms with van der Waals surface area (Å²) in [5, 5.41) is 3.56. The summed E-state index contributed by atoms with van der Waals surface area (Å²) in [6.45, 7) is 1.72. The van der Waals surface area contributed by atoms with Crippen LogP contribution in [0.2, 0.25) is 5.02 Å². The largest absolute Gasteiger partial charge is 0.297 e. The van der Waals surface area contributed by atoms with Gasteiger partial charge in [-0.1, -0.05) is 48.4 Å². The molecule has 1 aliphatic heterocycles. The van der Waals surface area contributed by atoms with Crippen LogP contribution < -0.4 is 5.43 Å². The molecular formula is C24H22ClN5O. The molecule has 0 bridgehead atoms. The van der Waals surface area contributed by atoms with Crippen molar-refractivity contribution in [2.75, 3.05) is 13.1 Å². The number of carbonyl (C=O) groups excluding carboxylic acids is 1. The van der Waals surface area contributed by atoms with Gasteiger partial charge in [-0.2, -0.15) is 0 Å². The Labute approximate surface area is 185 Å². The highest BCUT2D eigenvalue weighted by Crippen LogP contribution is 2.30. The summed E-state index contributed by atoms with van der Waals surface area (Å²) >= 11 is 6.48. The summed E-state index contributed by atoms with van der Waals surface area (Å²) in [5.41, 5.74) is 5.82. The third kappa shape index (κ3) is 4.04. The maximum atomic E-state index is 13.0. The van der Waals surface area contributed by atoms with Crippen LogP contribution in [0.25, 0.3) is 28.0 Å². The van der Waals surface area contributed by atoms with Crippen LogP contribution >= 0.6 is 11.6 Å².